The molecule has 0 aliphatic carbocycles. The SMILES string of the molecule is CCNC(=O)c1cc(S(=O)(=O)NCCOc2ccc(S(=O)(=O)N(C)C)cc2)ccc1OC. The second kappa shape index (κ2) is 10.8. The topological polar surface area (TPSA) is 131 Å². The number of rotatable bonds is 11. The fourth-order valence-electron chi connectivity index (χ4n) is 2.63. The van der Waals surface area contributed by atoms with E-state index in [2.05, 4.69) is 10.0 Å². The van der Waals surface area contributed by atoms with Gasteiger partial charge in [-0.05, 0) is 49.4 Å². The van der Waals surface area contributed by atoms with Crippen molar-refractivity contribution >= 4 is 26.0 Å². The van der Waals surface area contributed by atoms with Gasteiger partial charge in [-0.25, -0.2) is 25.9 Å². The number of sulfonamides is 2. The highest BCUT2D eigenvalue weighted by molar-refractivity contribution is 7.89. The van der Waals surface area contributed by atoms with Crippen molar-refractivity contribution in [3.05, 3.63) is 48.0 Å². The van der Waals surface area contributed by atoms with Crippen LogP contribution in [0.5, 0.6) is 11.5 Å². The molecule has 2 aromatic rings. The van der Waals surface area contributed by atoms with Crippen LogP contribution in [0, 0.1) is 0 Å². The average molecular weight is 486 g/mol. The van der Waals surface area contributed by atoms with Crippen LogP contribution in [-0.2, 0) is 20.0 Å². The summed E-state index contributed by atoms with van der Waals surface area (Å²) in [6.07, 6.45) is 0. The van der Waals surface area contributed by atoms with Crippen molar-refractivity contribution in [1.29, 1.82) is 0 Å². The van der Waals surface area contributed by atoms with Gasteiger partial charge in [0.05, 0.1) is 22.5 Å². The molecule has 1 amide bonds. The van der Waals surface area contributed by atoms with Gasteiger partial charge >= 0.3 is 0 Å². The van der Waals surface area contributed by atoms with E-state index >= 15 is 0 Å². The smallest absolute Gasteiger partial charge is 0.255 e. The molecule has 0 saturated heterocycles. The standard InChI is InChI=1S/C20H27N3O7S2/c1-5-21-20(24)18-14-17(10-11-19(18)29-4)31(25,26)22-12-13-30-15-6-8-16(9-7-15)32(27,28)23(2)3/h6-11,14,22H,5,12-13H2,1-4H3,(H,21,24). The Morgan fingerprint density at radius 1 is 1.00 bits per heavy atom. The summed E-state index contributed by atoms with van der Waals surface area (Å²) in [7, 11) is -3.17. The third-order valence-electron chi connectivity index (χ3n) is 4.33. The molecule has 0 aromatic heterocycles. The Balaban J connectivity index is 2.01. The first-order valence-electron chi connectivity index (χ1n) is 9.64. The van der Waals surface area contributed by atoms with Gasteiger partial charge in [-0.15, -0.1) is 0 Å². The molecule has 176 valence electrons. The Bertz CT molecular complexity index is 1150. The highest BCUT2D eigenvalue weighted by Crippen LogP contribution is 2.22. The summed E-state index contributed by atoms with van der Waals surface area (Å²) < 4.78 is 63.4. The predicted molar refractivity (Wildman–Crippen MR) is 119 cm³/mol. The van der Waals surface area contributed by atoms with E-state index in [1.54, 1.807) is 6.92 Å². The van der Waals surface area contributed by atoms with E-state index in [-0.39, 0.29) is 34.3 Å². The fraction of sp³-hybridized carbons (Fsp3) is 0.350. The van der Waals surface area contributed by atoms with E-state index in [0.717, 1.165) is 4.31 Å². The van der Waals surface area contributed by atoms with Gasteiger partial charge in [0.25, 0.3) is 5.91 Å². The van der Waals surface area contributed by atoms with E-state index < -0.39 is 26.0 Å². The van der Waals surface area contributed by atoms with Crippen LogP contribution >= 0.6 is 0 Å². The van der Waals surface area contributed by atoms with Gasteiger partial charge in [-0.2, -0.15) is 0 Å². The molecule has 10 nitrogen and oxygen atoms in total. The molecular weight excluding hydrogens is 458 g/mol. The van der Waals surface area contributed by atoms with Crippen LogP contribution in [0.3, 0.4) is 0 Å². The van der Waals surface area contributed by atoms with Crippen molar-refractivity contribution < 1.29 is 31.1 Å². The molecule has 32 heavy (non-hydrogen) atoms. The number of nitrogens with zero attached hydrogens (tertiary/aromatic N) is 1. The van der Waals surface area contributed by atoms with Crippen LogP contribution in [0.15, 0.2) is 52.3 Å². The van der Waals surface area contributed by atoms with Crippen LogP contribution in [0.25, 0.3) is 0 Å². The summed E-state index contributed by atoms with van der Waals surface area (Å²) in [5.41, 5.74) is 0.112. The molecular formula is C20H27N3O7S2. The van der Waals surface area contributed by atoms with Crippen molar-refractivity contribution in [1.82, 2.24) is 14.3 Å². The Morgan fingerprint density at radius 3 is 2.19 bits per heavy atom. The van der Waals surface area contributed by atoms with E-state index in [0.29, 0.717) is 12.3 Å². The molecule has 0 bridgehead atoms. The van der Waals surface area contributed by atoms with Gasteiger partial charge in [0, 0.05) is 27.2 Å². The summed E-state index contributed by atoms with van der Waals surface area (Å²) in [6, 6.07) is 9.81. The average Bonchev–Trinajstić information content (AvgIpc) is 2.76. The lowest BCUT2D eigenvalue weighted by Gasteiger charge is -2.13. The maximum Gasteiger partial charge on any atom is 0.255 e. The number of benzene rings is 2. The van der Waals surface area contributed by atoms with Crippen molar-refractivity contribution in [2.45, 2.75) is 16.7 Å². The van der Waals surface area contributed by atoms with Gasteiger partial charge in [-0.1, -0.05) is 0 Å². The summed E-state index contributed by atoms with van der Waals surface area (Å²) in [5, 5.41) is 2.61. The number of carbonyl (C=O) groups excluding carboxylic acids is 1. The van der Waals surface area contributed by atoms with Crippen LogP contribution < -0.4 is 19.5 Å². The van der Waals surface area contributed by atoms with Crippen LogP contribution in [0.2, 0.25) is 0 Å². The Kier molecular flexibility index (Phi) is 8.61. The zero-order valence-corrected chi connectivity index (χ0v) is 19.9. The molecule has 0 aliphatic heterocycles. The minimum atomic E-state index is -3.90. The second-order valence-corrected chi connectivity index (χ2v) is 10.6. The van der Waals surface area contributed by atoms with Gasteiger partial charge < -0.3 is 14.8 Å². The third kappa shape index (κ3) is 6.19. The van der Waals surface area contributed by atoms with Crippen LogP contribution in [-0.4, -0.2) is 67.9 Å². The minimum absolute atomic E-state index is 0.0122. The van der Waals surface area contributed by atoms with E-state index in [1.165, 1.54) is 63.7 Å². The molecule has 0 atom stereocenters. The summed E-state index contributed by atoms with van der Waals surface area (Å²) in [4.78, 5) is 12.2. The molecule has 0 radical (unpaired) electrons. The van der Waals surface area contributed by atoms with Gasteiger partial charge in [0.2, 0.25) is 20.0 Å². The molecule has 0 heterocycles. The Morgan fingerprint density at radius 2 is 1.62 bits per heavy atom. The second-order valence-electron chi connectivity index (χ2n) is 6.73. The molecule has 0 fully saturated rings. The van der Waals surface area contributed by atoms with Gasteiger partial charge in [0.1, 0.15) is 18.1 Å². The molecule has 0 saturated carbocycles. The van der Waals surface area contributed by atoms with Crippen molar-refractivity contribution in [2.75, 3.05) is 40.9 Å². The number of hydrogen-bond donors (Lipinski definition) is 2. The highest BCUT2D eigenvalue weighted by atomic mass is 32.2. The molecule has 0 spiro atoms. The van der Waals surface area contributed by atoms with E-state index in [9.17, 15) is 21.6 Å². The van der Waals surface area contributed by atoms with Gasteiger partial charge in [0.15, 0.2) is 0 Å². The maximum absolute atomic E-state index is 12.6. The van der Waals surface area contributed by atoms with Crippen molar-refractivity contribution in [3.63, 3.8) is 0 Å². The first-order chi connectivity index (χ1) is 15.0. The lowest BCUT2D eigenvalue weighted by atomic mass is 10.2. The predicted octanol–water partition coefficient (Wildman–Crippen LogP) is 1.05. The first-order valence-corrected chi connectivity index (χ1v) is 12.6. The summed E-state index contributed by atoms with van der Waals surface area (Å²) in [6.45, 7) is 2.11. The van der Waals surface area contributed by atoms with Crippen molar-refractivity contribution in [3.8, 4) is 11.5 Å². The Hall–Kier alpha value is -2.67. The first kappa shape index (κ1) is 25.6. The number of amides is 1. The Labute approximate surface area is 188 Å². The normalized spacial score (nSPS) is 11.9. The molecule has 2 aromatic carbocycles. The fourth-order valence-corrected chi connectivity index (χ4v) is 4.57. The number of ether oxygens (including phenoxy) is 2. The minimum Gasteiger partial charge on any atom is -0.496 e. The number of hydrogen-bond acceptors (Lipinski definition) is 7. The van der Waals surface area contributed by atoms with Crippen LogP contribution in [0.1, 0.15) is 17.3 Å². The van der Waals surface area contributed by atoms with Crippen molar-refractivity contribution in [2.24, 2.45) is 0 Å². The van der Waals surface area contributed by atoms with E-state index in [1.807, 2.05) is 0 Å². The lowest BCUT2D eigenvalue weighted by molar-refractivity contribution is 0.0952. The molecule has 2 N–H and O–H groups in total. The zero-order chi connectivity index (χ0) is 23.9. The number of nitrogens with one attached hydrogen (secondary N) is 2. The lowest BCUT2D eigenvalue weighted by Crippen LogP contribution is -2.29. The van der Waals surface area contributed by atoms with Crippen LogP contribution in [0.4, 0.5) is 0 Å². The number of methoxy groups -OCH3 is 1. The molecule has 0 aliphatic rings. The van der Waals surface area contributed by atoms with E-state index in [4.69, 9.17) is 9.47 Å². The summed E-state index contributed by atoms with van der Waals surface area (Å²) >= 11 is 0. The number of carbonyl (C=O) groups is 1. The maximum atomic E-state index is 12.6. The third-order valence-corrected chi connectivity index (χ3v) is 7.62. The molecule has 2 rings (SSSR count). The summed E-state index contributed by atoms with van der Waals surface area (Å²) in [5.74, 6) is 0.215. The molecule has 0 unspecified atom stereocenters. The quantitative estimate of drug-likeness (QED) is 0.455. The monoisotopic (exact) mass is 485 g/mol. The highest BCUT2D eigenvalue weighted by Gasteiger charge is 2.20. The zero-order valence-electron chi connectivity index (χ0n) is 18.3. The van der Waals surface area contributed by atoms with Gasteiger partial charge in [-0.3, -0.25) is 4.79 Å². The molecule has 12 heteroatoms. The largest absolute Gasteiger partial charge is 0.496 e.